The summed E-state index contributed by atoms with van der Waals surface area (Å²) in [6.45, 7) is 9.53. The molecular weight excluding hydrogens is 176 g/mol. The van der Waals surface area contributed by atoms with Crippen LogP contribution in [0.25, 0.3) is 0 Å². The third kappa shape index (κ3) is 6.70. The maximum absolute atomic E-state index is 11.3. The molecule has 0 N–H and O–H groups in total. The molecule has 2 nitrogen and oxygen atoms in total. The van der Waals surface area contributed by atoms with Gasteiger partial charge in [0.05, 0.1) is 0 Å². The zero-order valence-electron chi connectivity index (χ0n) is 9.64. The van der Waals surface area contributed by atoms with Gasteiger partial charge in [0.25, 0.3) is 0 Å². The second kappa shape index (κ2) is 6.63. The first-order valence-electron chi connectivity index (χ1n) is 5.34. The fraction of sp³-hybridized carbons (Fsp3) is 0.750. The number of rotatable bonds is 7. The Hall–Kier alpha value is -0.790. The minimum Gasteiger partial charge on any atom is -0.460 e. The highest BCUT2D eigenvalue weighted by Gasteiger charge is 2.19. The lowest BCUT2D eigenvalue weighted by Crippen LogP contribution is -2.26. The molecule has 0 aliphatic rings. The van der Waals surface area contributed by atoms with Gasteiger partial charge in [0.15, 0.2) is 0 Å². The van der Waals surface area contributed by atoms with Gasteiger partial charge < -0.3 is 4.74 Å². The summed E-state index contributed by atoms with van der Waals surface area (Å²) in [6.07, 6.45) is 6.14. The van der Waals surface area contributed by atoms with Gasteiger partial charge in [0.2, 0.25) is 0 Å². The number of esters is 1. The van der Waals surface area contributed by atoms with Gasteiger partial charge in [-0.3, -0.25) is 4.79 Å². The molecule has 14 heavy (non-hydrogen) atoms. The van der Waals surface area contributed by atoms with Crippen molar-refractivity contribution >= 4 is 5.97 Å². The minimum atomic E-state index is -0.310. The van der Waals surface area contributed by atoms with Crippen LogP contribution >= 0.6 is 0 Å². The lowest BCUT2D eigenvalue weighted by atomic mass is 10.1. The molecule has 0 radical (unpaired) electrons. The molecule has 0 aromatic heterocycles. The van der Waals surface area contributed by atoms with Gasteiger partial charge in [-0.25, -0.2) is 0 Å². The molecule has 0 amide bonds. The van der Waals surface area contributed by atoms with Crippen molar-refractivity contribution in [2.24, 2.45) is 0 Å². The van der Waals surface area contributed by atoms with E-state index in [0.29, 0.717) is 6.42 Å². The molecule has 0 aliphatic carbocycles. The Bertz CT molecular complexity index is 183. The van der Waals surface area contributed by atoms with Crippen molar-refractivity contribution in [1.29, 1.82) is 0 Å². The van der Waals surface area contributed by atoms with E-state index in [1.165, 1.54) is 0 Å². The van der Waals surface area contributed by atoms with Crippen LogP contribution in [-0.4, -0.2) is 11.6 Å². The predicted octanol–water partition coefficient (Wildman–Crippen LogP) is 3.46. The number of carbonyl (C=O) groups is 1. The smallest absolute Gasteiger partial charge is 0.306 e. The first-order chi connectivity index (χ1) is 6.52. The number of carbonyl (C=O) groups excluding carboxylic acids is 1. The van der Waals surface area contributed by atoms with Crippen molar-refractivity contribution < 1.29 is 9.53 Å². The Labute approximate surface area is 87.3 Å². The second-order valence-corrected chi connectivity index (χ2v) is 4.12. The summed E-state index contributed by atoms with van der Waals surface area (Å²) >= 11 is 0. The third-order valence-electron chi connectivity index (χ3n) is 2.28. The Morgan fingerprint density at radius 1 is 1.43 bits per heavy atom. The van der Waals surface area contributed by atoms with Crippen LogP contribution in [0.1, 0.15) is 52.9 Å². The quantitative estimate of drug-likeness (QED) is 0.356. The first kappa shape index (κ1) is 13.2. The lowest BCUT2D eigenvalue weighted by Gasteiger charge is -2.23. The Morgan fingerprint density at radius 3 is 2.57 bits per heavy atom. The molecule has 0 atom stereocenters. The van der Waals surface area contributed by atoms with E-state index >= 15 is 0 Å². The largest absolute Gasteiger partial charge is 0.460 e. The number of hydrogen-bond donors (Lipinski definition) is 0. The van der Waals surface area contributed by atoms with Crippen molar-refractivity contribution in [2.45, 2.75) is 58.5 Å². The van der Waals surface area contributed by atoms with Gasteiger partial charge >= 0.3 is 5.97 Å². The Balaban J connectivity index is 3.60. The molecule has 0 saturated heterocycles. The fourth-order valence-corrected chi connectivity index (χ4v) is 0.989. The maximum atomic E-state index is 11.3. The molecule has 0 bridgehead atoms. The van der Waals surface area contributed by atoms with E-state index in [1.54, 1.807) is 0 Å². The Morgan fingerprint density at radius 2 is 2.07 bits per heavy atom. The molecule has 0 aromatic rings. The van der Waals surface area contributed by atoms with E-state index in [2.05, 4.69) is 6.58 Å². The van der Waals surface area contributed by atoms with Gasteiger partial charge in [-0.05, 0) is 39.5 Å². The summed E-state index contributed by atoms with van der Waals surface area (Å²) in [5, 5.41) is 0. The van der Waals surface area contributed by atoms with Crippen LogP contribution in [0.5, 0.6) is 0 Å². The van der Waals surface area contributed by atoms with Crippen molar-refractivity contribution in [3.63, 3.8) is 0 Å². The SMILES string of the molecule is C=CCCCCC(=O)OC(C)(C)CC. The molecule has 0 saturated carbocycles. The lowest BCUT2D eigenvalue weighted by molar-refractivity contribution is -0.156. The van der Waals surface area contributed by atoms with Crippen LogP contribution in [0.2, 0.25) is 0 Å². The van der Waals surface area contributed by atoms with Crippen LogP contribution in [-0.2, 0) is 9.53 Å². The topological polar surface area (TPSA) is 26.3 Å². The summed E-state index contributed by atoms with van der Waals surface area (Å²) in [6, 6.07) is 0. The van der Waals surface area contributed by atoms with Crippen LogP contribution in [0.3, 0.4) is 0 Å². The first-order valence-corrected chi connectivity index (χ1v) is 5.34. The highest BCUT2D eigenvalue weighted by atomic mass is 16.6. The third-order valence-corrected chi connectivity index (χ3v) is 2.28. The maximum Gasteiger partial charge on any atom is 0.306 e. The zero-order chi connectivity index (χ0) is 11.0. The predicted molar refractivity (Wildman–Crippen MR) is 59.1 cm³/mol. The van der Waals surface area contributed by atoms with E-state index in [1.807, 2.05) is 26.8 Å². The fourth-order valence-electron chi connectivity index (χ4n) is 0.989. The zero-order valence-corrected chi connectivity index (χ0v) is 9.64. The van der Waals surface area contributed by atoms with E-state index in [0.717, 1.165) is 25.7 Å². The van der Waals surface area contributed by atoms with E-state index in [4.69, 9.17) is 4.74 Å². The average Bonchev–Trinajstić information content (AvgIpc) is 2.12. The summed E-state index contributed by atoms with van der Waals surface area (Å²) in [5.41, 5.74) is -0.310. The van der Waals surface area contributed by atoms with Crippen molar-refractivity contribution in [3.05, 3.63) is 12.7 Å². The molecule has 0 aromatic carbocycles. The summed E-state index contributed by atoms with van der Waals surface area (Å²) in [5.74, 6) is -0.0825. The average molecular weight is 198 g/mol. The highest BCUT2D eigenvalue weighted by Crippen LogP contribution is 2.15. The van der Waals surface area contributed by atoms with Gasteiger partial charge in [-0.15, -0.1) is 6.58 Å². The van der Waals surface area contributed by atoms with Gasteiger partial charge in [-0.2, -0.15) is 0 Å². The number of unbranched alkanes of at least 4 members (excludes halogenated alkanes) is 2. The number of ether oxygens (including phenoxy) is 1. The number of hydrogen-bond acceptors (Lipinski definition) is 2. The van der Waals surface area contributed by atoms with Gasteiger partial charge in [-0.1, -0.05) is 13.0 Å². The molecule has 0 unspecified atom stereocenters. The number of allylic oxidation sites excluding steroid dienone is 1. The second-order valence-electron chi connectivity index (χ2n) is 4.12. The Kier molecular flexibility index (Phi) is 6.26. The minimum absolute atomic E-state index is 0.0825. The standard InChI is InChI=1S/C12H22O2/c1-5-7-8-9-10-11(13)14-12(3,4)6-2/h5H,1,6-10H2,2-4H3. The van der Waals surface area contributed by atoms with Gasteiger partial charge in [0, 0.05) is 6.42 Å². The monoisotopic (exact) mass is 198 g/mol. The van der Waals surface area contributed by atoms with E-state index < -0.39 is 0 Å². The molecular formula is C12H22O2. The summed E-state index contributed by atoms with van der Waals surface area (Å²) < 4.78 is 5.30. The molecule has 0 spiro atoms. The molecule has 0 heterocycles. The summed E-state index contributed by atoms with van der Waals surface area (Å²) in [4.78, 5) is 11.3. The molecule has 82 valence electrons. The van der Waals surface area contributed by atoms with Crippen molar-refractivity contribution in [3.8, 4) is 0 Å². The molecule has 0 rings (SSSR count). The normalized spacial score (nSPS) is 11.1. The van der Waals surface area contributed by atoms with E-state index in [-0.39, 0.29) is 11.6 Å². The van der Waals surface area contributed by atoms with Crippen LogP contribution < -0.4 is 0 Å². The molecule has 0 fully saturated rings. The summed E-state index contributed by atoms with van der Waals surface area (Å²) in [7, 11) is 0. The van der Waals surface area contributed by atoms with Gasteiger partial charge in [0.1, 0.15) is 5.60 Å². The van der Waals surface area contributed by atoms with Crippen molar-refractivity contribution in [2.75, 3.05) is 0 Å². The van der Waals surface area contributed by atoms with E-state index in [9.17, 15) is 4.79 Å². The van der Waals surface area contributed by atoms with Crippen LogP contribution in [0.15, 0.2) is 12.7 Å². The molecule has 0 aliphatic heterocycles. The van der Waals surface area contributed by atoms with Crippen LogP contribution in [0, 0.1) is 0 Å². The van der Waals surface area contributed by atoms with Crippen molar-refractivity contribution in [1.82, 2.24) is 0 Å². The highest BCUT2D eigenvalue weighted by molar-refractivity contribution is 5.69. The van der Waals surface area contributed by atoms with Crippen LogP contribution in [0.4, 0.5) is 0 Å². The molecule has 2 heteroatoms.